The van der Waals surface area contributed by atoms with Gasteiger partial charge in [-0.2, -0.15) is 0 Å². The first-order valence-corrected chi connectivity index (χ1v) is 5.96. The van der Waals surface area contributed by atoms with Crippen LogP contribution < -0.4 is 5.32 Å². The quantitative estimate of drug-likeness (QED) is 0.724. The first-order valence-electron chi connectivity index (χ1n) is 4.42. The molecule has 1 N–H and O–H groups in total. The van der Waals surface area contributed by atoms with Crippen molar-refractivity contribution in [1.29, 1.82) is 0 Å². The van der Waals surface area contributed by atoms with Crippen molar-refractivity contribution in [2.24, 2.45) is 0 Å². The summed E-state index contributed by atoms with van der Waals surface area (Å²) in [6.45, 7) is 1.27. The average molecular weight is 213 g/mol. The van der Waals surface area contributed by atoms with E-state index in [0.29, 0.717) is 13.0 Å². The average Bonchev–Trinajstić information content (AvgIpc) is 2.72. The van der Waals surface area contributed by atoms with Gasteiger partial charge in [0, 0.05) is 18.9 Å². The third kappa shape index (κ3) is 1.62. The van der Waals surface area contributed by atoms with Crippen molar-refractivity contribution >= 4 is 9.84 Å². The van der Waals surface area contributed by atoms with E-state index in [9.17, 15) is 8.42 Å². The number of rotatable bonds is 2. The predicted molar refractivity (Wildman–Crippen MR) is 50.5 cm³/mol. The summed E-state index contributed by atoms with van der Waals surface area (Å²) in [5, 5.41) is 2.75. The number of hydrogen-bond donors (Lipinski definition) is 1. The summed E-state index contributed by atoms with van der Waals surface area (Å²) in [6.07, 6.45) is 4.81. The van der Waals surface area contributed by atoms with E-state index in [0.717, 1.165) is 6.54 Å². The van der Waals surface area contributed by atoms with E-state index >= 15 is 0 Å². The van der Waals surface area contributed by atoms with Crippen molar-refractivity contribution in [1.82, 2.24) is 15.3 Å². The lowest BCUT2D eigenvalue weighted by molar-refractivity contribution is 0.578. The molecule has 0 unspecified atom stereocenters. The van der Waals surface area contributed by atoms with Crippen LogP contribution in [0, 0.1) is 0 Å². The van der Waals surface area contributed by atoms with E-state index < -0.39 is 9.84 Å². The maximum atomic E-state index is 11.9. The topological polar surface area (TPSA) is 72.0 Å². The SMILES string of the molecule is O=S(=O)(c1cnccn1)[C@H]1CCNC1. The van der Waals surface area contributed by atoms with Crippen LogP contribution in [-0.4, -0.2) is 36.7 Å². The van der Waals surface area contributed by atoms with Crippen LogP contribution in [0.25, 0.3) is 0 Å². The Hall–Kier alpha value is -1.01. The second-order valence-corrected chi connectivity index (χ2v) is 5.38. The van der Waals surface area contributed by atoms with Crippen LogP contribution in [0.2, 0.25) is 0 Å². The standard InChI is InChI=1S/C8H11N3O2S/c12-14(13,7-1-2-9-5-7)8-6-10-3-4-11-8/h3-4,6-7,9H,1-2,5H2/t7-/m0/s1. The third-order valence-electron chi connectivity index (χ3n) is 2.28. The monoisotopic (exact) mass is 213 g/mol. The fourth-order valence-electron chi connectivity index (χ4n) is 1.50. The molecule has 1 fully saturated rings. The minimum Gasteiger partial charge on any atom is -0.315 e. The Kier molecular flexibility index (Phi) is 2.47. The molecule has 0 radical (unpaired) electrons. The van der Waals surface area contributed by atoms with Crippen LogP contribution in [0.15, 0.2) is 23.6 Å². The molecular formula is C8H11N3O2S. The highest BCUT2D eigenvalue weighted by Gasteiger charge is 2.31. The van der Waals surface area contributed by atoms with Crippen LogP contribution in [-0.2, 0) is 9.84 Å². The number of hydrogen-bond acceptors (Lipinski definition) is 5. The van der Waals surface area contributed by atoms with E-state index in [4.69, 9.17) is 0 Å². The van der Waals surface area contributed by atoms with E-state index in [1.165, 1.54) is 18.6 Å². The zero-order chi connectivity index (χ0) is 10.0. The van der Waals surface area contributed by atoms with Crippen LogP contribution in [0.3, 0.4) is 0 Å². The highest BCUT2D eigenvalue weighted by molar-refractivity contribution is 7.92. The molecule has 1 aromatic heterocycles. The lowest BCUT2D eigenvalue weighted by Crippen LogP contribution is -2.24. The summed E-state index contributed by atoms with van der Waals surface area (Å²) in [4.78, 5) is 7.58. The van der Waals surface area contributed by atoms with E-state index in [2.05, 4.69) is 15.3 Å². The fraction of sp³-hybridized carbons (Fsp3) is 0.500. The van der Waals surface area contributed by atoms with Crippen LogP contribution in [0.5, 0.6) is 0 Å². The highest BCUT2D eigenvalue weighted by Crippen LogP contribution is 2.17. The Labute approximate surface area is 82.5 Å². The van der Waals surface area contributed by atoms with Gasteiger partial charge in [0.2, 0.25) is 9.84 Å². The Morgan fingerprint density at radius 2 is 2.29 bits per heavy atom. The van der Waals surface area contributed by atoms with Gasteiger partial charge in [-0.05, 0) is 13.0 Å². The van der Waals surface area contributed by atoms with Crippen molar-refractivity contribution in [3.05, 3.63) is 18.6 Å². The summed E-state index contributed by atoms with van der Waals surface area (Å²) >= 11 is 0. The molecule has 76 valence electrons. The normalized spacial score (nSPS) is 22.4. The lowest BCUT2D eigenvalue weighted by atomic mass is 10.4. The second kappa shape index (κ2) is 3.62. The number of nitrogens with zero attached hydrogens (tertiary/aromatic N) is 2. The molecule has 1 aliphatic heterocycles. The molecule has 0 aromatic carbocycles. The zero-order valence-electron chi connectivity index (χ0n) is 7.55. The van der Waals surface area contributed by atoms with Crippen molar-refractivity contribution in [3.63, 3.8) is 0 Å². The molecular weight excluding hydrogens is 202 g/mol. The molecule has 1 aliphatic rings. The summed E-state index contributed by atoms with van der Waals surface area (Å²) in [6, 6.07) is 0. The molecule has 2 rings (SSSR count). The summed E-state index contributed by atoms with van der Waals surface area (Å²) < 4.78 is 23.8. The van der Waals surface area contributed by atoms with Gasteiger partial charge >= 0.3 is 0 Å². The molecule has 0 amide bonds. The Balaban J connectivity index is 2.33. The molecule has 0 aliphatic carbocycles. The van der Waals surface area contributed by atoms with Gasteiger partial charge in [-0.25, -0.2) is 13.4 Å². The van der Waals surface area contributed by atoms with Gasteiger partial charge in [-0.3, -0.25) is 4.98 Å². The fourth-order valence-corrected chi connectivity index (χ4v) is 3.02. The smallest absolute Gasteiger partial charge is 0.201 e. The van der Waals surface area contributed by atoms with Gasteiger partial charge in [-0.15, -0.1) is 0 Å². The minimum absolute atomic E-state index is 0.0775. The zero-order valence-corrected chi connectivity index (χ0v) is 8.37. The van der Waals surface area contributed by atoms with Crippen LogP contribution >= 0.6 is 0 Å². The number of sulfone groups is 1. The summed E-state index contributed by atoms with van der Waals surface area (Å²) in [7, 11) is -3.27. The molecule has 5 nitrogen and oxygen atoms in total. The first-order chi connectivity index (χ1) is 6.71. The van der Waals surface area contributed by atoms with Crippen molar-refractivity contribution in [3.8, 4) is 0 Å². The van der Waals surface area contributed by atoms with Gasteiger partial charge in [0.25, 0.3) is 0 Å². The summed E-state index contributed by atoms with van der Waals surface area (Å²) in [5.74, 6) is 0. The van der Waals surface area contributed by atoms with Crippen molar-refractivity contribution < 1.29 is 8.42 Å². The minimum atomic E-state index is -3.27. The van der Waals surface area contributed by atoms with E-state index in [-0.39, 0.29) is 10.3 Å². The van der Waals surface area contributed by atoms with Gasteiger partial charge in [0.15, 0.2) is 5.03 Å². The highest BCUT2D eigenvalue weighted by atomic mass is 32.2. The molecule has 1 atom stereocenters. The molecule has 2 heterocycles. The molecule has 1 aromatic rings. The Bertz CT molecular complexity index is 398. The largest absolute Gasteiger partial charge is 0.315 e. The predicted octanol–water partition coefficient (Wildman–Crippen LogP) is -0.388. The number of aromatic nitrogens is 2. The lowest BCUT2D eigenvalue weighted by Gasteiger charge is -2.08. The Morgan fingerprint density at radius 1 is 1.43 bits per heavy atom. The van der Waals surface area contributed by atoms with Gasteiger partial charge in [0.05, 0.1) is 11.4 Å². The molecule has 0 spiro atoms. The second-order valence-electron chi connectivity index (χ2n) is 3.20. The number of nitrogens with one attached hydrogen (secondary N) is 1. The van der Waals surface area contributed by atoms with Crippen molar-refractivity contribution in [2.75, 3.05) is 13.1 Å². The van der Waals surface area contributed by atoms with Crippen LogP contribution in [0.4, 0.5) is 0 Å². The molecule has 14 heavy (non-hydrogen) atoms. The summed E-state index contributed by atoms with van der Waals surface area (Å²) in [5.41, 5.74) is 0. The first kappa shape index (κ1) is 9.54. The molecule has 6 heteroatoms. The van der Waals surface area contributed by atoms with Gasteiger partial charge in [-0.1, -0.05) is 0 Å². The van der Waals surface area contributed by atoms with Crippen LogP contribution in [0.1, 0.15) is 6.42 Å². The molecule has 0 saturated carbocycles. The molecule has 1 saturated heterocycles. The van der Waals surface area contributed by atoms with Crippen molar-refractivity contribution in [2.45, 2.75) is 16.7 Å². The van der Waals surface area contributed by atoms with Gasteiger partial charge < -0.3 is 5.32 Å². The van der Waals surface area contributed by atoms with E-state index in [1.807, 2.05) is 0 Å². The molecule has 0 bridgehead atoms. The Morgan fingerprint density at radius 3 is 2.86 bits per heavy atom. The third-order valence-corrected chi connectivity index (χ3v) is 4.36. The van der Waals surface area contributed by atoms with Gasteiger partial charge in [0.1, 0.15) is 0 Å². The maximum Gasteiger partial charge on any atom is 0.201 e. The van der Waals surface area contributed by atoms with E-state index in [1.54, 1.807) is 0 Å². The maximum absolute atomic E-state index is 11.9.